The first kappa shape index (κ1) is 19.0. The number of hydrogen-bond acceptors (Lipinski definition) is 3. The smallest absolute Gasteiger partial charge is 0.320 e. The zero-order valence-corrected chi connectivity index (χ0v) is 14.5. The molecule has 0 aromatic heterocycles. The maximum atomic E-state index is 12.5. The third-order valence-corrected chi connectivity index (χ3v) is 4.79. The molecule has 1 aliphatic heterocycles. The molecule has 0 spiro atoms. The second-order valence-corrected chi connectivity index (χ2v) is 6.10. The minimum absolute atomic E-state index is 0. The average molecular weight is 333 g/mol. The van der Waals surface area contributed by atoms with Crippen LogP contribution in [0.1, 0.15) is 39.5 Å². The van der Waals surface area contributed by atoms with E-state index in [2.05, 4.69) is 0 Å². The van der Waals surface area contributed by atoms with Crippen LogP contribution in [0.3, 0.4) is 0 Å². The molecule has 6 nitrogen and oxygen atoms in total. The standard InChI is InChI=1S/C15H28N4O2.ClH/c1-3-17(4-2)14(21)19-11-9-18(10-12-19)13(20)15(16)7-5-6-8-15;/h3-12,16H2,1-2H3;1H. The zero-order chi connectivity index (χ0) is 15.5. The maximum absolute atomic E-state index is 12.5. The molecule has 0 radical (unpaired) electrons. The third-order valence-electron chi connectivity index (χ3n) is 4.79. The van der Waals surface area contributed by atoms with Crippen LogP contribution in [0.4, 0.5) is 4.79 Å². The lowest BCUT2D eigenvalue weighted by Crippen LogP contribution is -2.60. The predicted octanol–water partition coefficient (Wildman–Crippen LogP) is 1.29. The minimum atomic E-state index is -0.648. The number of urea groups is 1. The van der Waals surface area contributed by atoms with Crippen LogP contribution in [0.25, 0.3) is 0 Å². The first-order chi connectivity index (χ1) is 10.0. The van der Waals surface area contributed by atoms with Gasteiger partial charge in [-0.05, 0) is 26.7 Å². The van der Waals surface area contributed by atoms with E-state index in [0.29, 0.717) is 26.2 Å². The van der Waals surface area contributed by atoms with Crippen molar-refractivity contribution in [3.05, 3.63) is 0 Å². The van der Waals surface area contributed by atoms with Gasteiger partial charge < -0.3 is 20.4 Å². The Hall–Kier alpha value is -1.01. The Morgan fingerprint density at radius 2 is 1.45 bits per heavy atom. The highest BCUT2D eigenvalue weighted by Crippen LogP contribution is 2.29. The maximum Gasteiger partial charge on any atom is 0.320 e. The molecule has 0 aromatic carbocycles. The molecule has 1 aliphatic carbocycles. The molecule has 2 rings (SSSR count). The topological polar surface area (TPSA) is 69.9 Å². The van der Waals surface area contributed by atoms with Gasteiger partial charge in [0, 0.05) is 39.3 Å². The second kappa shape index (κ2) is 8.02. The lowest BCUT2D eigenvalue weighted by molar-refractivity contribution is -0.138. The quantitative estimate of drug-likeness (QED) is 0.846. The first-order valence-electron chi connectivity index (χ1n) is 8.14. The Balaban J connectivity index is 0.00000242. The van der Waals surface area contributed by atoms with Crippen LogP contribution in [0, 0.1) is 0 Å². The fraction of sp³-hybridized carbons (Fsp3) is 0.867. The van der Waals surface area contributed by atoms with E-state index in [-0.39, 0.29) is 24.3 Å². The molecule has 7 heteroatoms. The molecule has 0 atom stereocenters. The number of rotatable bonds is 3. The molecule has 128 valence electrons. The number of carbonyl (C=O) groups excluding carboxylic acids is 2. The predicted molar refractivity (Wildman–Crippen MR) is 89.1 cm³/mol. The summed E-state index contributed by atoms with van der Waals surface area (Å²) in [6, 6.07) is 0.0791. The van der Waals surface area contributed by atoms with Gasteiger partial charge in [0.1, 0.15) is 0 Å². The van der Waals surface area contributed by atoms with Crippen LogP contribution < -0.4 is 5.73 Å². The van der Waals surface area contributed by atoms with Gasteiger partial charge in [-0.3, -0.25) is 4.79 Å². The molecule has 2 aliphatic rings. The van der Waals surface area contributed by atoms with Crippen molar-refractivity contribution in [3.63, 3.8) is 0 Å². The summed E-state index contributed by atoms with van der Waals surface area (Å²) >= 11 is 0. The van der Waals surface area contributed by atoms with Gasteiger partial charge in [-0.2, -0.15) is 0 Å². The van der Waals surface area contributed by atoms with Gasteiger partial charge in [0.15, 0.2) is 0 Å². The lowest BCUT2D eigenvalue weighted by Gasteiger charge is -2.39. The molecule has 22 heavy (non-hydrogen) atoms. The van der Waals surface area contributed by atoms with Gasteiger partial charge in [0.05, 0.1) is 5.54 Å². The molecular weight excluding hydrogens is 304 g/mol. The van der Waals surface area contributed by atoms with Crippen LogP contribution in [0.15, 0.2) is 0 Å². The van der Waals surface area contributed by atoms with Crippen molar-refractivity contribution in [1.82, 2.24) is 14.7 Å². The van der Waals surface area contributed by atoms with Gasteiger partial charge >= 0.3 is 6.03 Å². The van der Waals surface area contributed by atoms with Gasteiger partial charge in [-0.15, -0.1) is 12.4 Å². The van der Waals surface area contributed by atoms with E-state index in [1.165, 1.54) is 0 Å². The number of piperazine rings is 1. The summed E-state index contributed by atoms with van der Waals surface area (Å²) in [7, 11) is 0. The fourth-order valence-electron chi connectivity index (χ4n) is 3.33. The molecule has 1 saturated heterocycles. The summed E-state index contributed by atoms with van der Waals surface area (Å²) in [4.78, 5) is 30.3. The second-order valence-electron chi connectivity index (χ2n) is 6.10. The highest BCUT2D eigenvalue weighted by molar-refractivity contribution is 5.87. The average Bonchev–Trinajstić information content (AvgIpc) is 2.96. The van der Waals surface area contributed by atoms with Gasteiger partial charge in [0.25, 0.3) is 0 Å². The van der Waals surface area contributed by atoms with E-state index in [1.54, 1.807) is 0 Å². The molecular formula is C15H29ClN4O2. The molecule has 0 unspecified atom stereocenters. The van der Waals surface area contributed by atoms with Gasteiger partial charge in [-0.1, -0.05) is 12.8 Å². The monoisotopic (exact) mass is 332 g/mol. The number of halogens is 1. The normalized spacial score (nSPS) is 20.5. The largest absolute Gasteiger partial charge is 0.338 e. The summed E-state index contributed by atoms with van der Waals surface area (Å²) in [6.07, 6.45) is 3.68. The van der Waals surface area contributed by atoms with E-state index < -0.39 is 5.54 Å². The van der Waals surface area contributed by atoms with Gasteiger partial charge in [-0.25, -0.2) is 4.79 Å². The minimum Gasteiger partial charge on any atom is -0.338 e. The SMILES string of the molecule is CCN(CC)C(=O)N1CCN(C(=O)C2(N)CCCC2)CC1.Cl. The molecule has 1 saturated carbocycles. The number of amides is 3. The Kier molecular flexibility index (Phi) is 6.94. The van der Waals surface area contributed by atoms with Gasteiger partial charge in [0.2, 0.25) is 5.91 Å². The Morgan fingerprint density at radius 3 is 1.91 bits per heavy atom. The third kappa shape index (κ3) is 3.84. The summed E-state index contributed by atoms with van der Waals surface area (Å²) in [5.74, 6) is 0.0786. The molecule has 2 N–H and O–H groups in total. The summed E-state index contributed by atoms with van der Waals surface area (Å²) < 4.78 is 0. The Morgan fingerprint density at radius 1 is 1.00 bits per heavy atom. The zero-order valence-electron chi connectivity index (χ0n) is 13.7. The van der Waals surface area contributed by atoms with Crippen molar-refractivity contribution in [2.24, 2.45) is 5.73 Å². The van der Waals surface area contributed by atoms with Crippen molar-refractivity contribution in [3.8, 4) is 0 Å². The van der Waals surface area contributed by atoms with E-state index in [0.717, 1.165) is 38.8 Å². The molecule has 0 aromatic rings. The number of carbonyl (C=O) groups is 2. The number of hydrogen-bond donors (Lipinski definition) is 1. The van der Waals surface area contributed by atoms with Crippen molar-refractivity contribution in [2.45, 2.75) is 45.1 Å². The molecule has 3 amide bonds. The fourth-order valence-corrected chi connectivity index (χ4v) is 3.33. The molecule has 0 bridgehead atoms. The van der Waals surface area contributed by atoms with E-state index in [9.17, 15) is 9.59 Å². The Labute approximate surface area is 139 Å². The summed E-state index contributed by atoms with van der Waals surface area (Å²) in [5, 5.41) is 0. The van der Waals surface area contributed by atoms with E-state index >= 15 is 0 Å². The molecule has 2 fully saturated rings. The van der Waals surface area contributed by atoms with Crippen LogP contribution in [0.2, 0.25) is 0 Å². The molecule has 1 heterocycles. The first-order valence-corrected chi connectivity index (χ1v) is 8.14. The van der Waals surface area contributed by atoms with Crippen molar-refractivity contribution >= 4 is 24.3 Å². The summed E-state index contributed by atoms with van der Waals surface area (Å²) in [6.45, 7) is 7.84. The van der Waals surface area contributed by atoms with E-state index in [4.69, 9.17) is 5.73 Å². The number of nitrogens with zero attached hydrogens (tertiary/aromatic N) is 3. The van der Waals surface area contributed by atoms with E-state index in [1.807, 2.05) is 28.5 Å². The highest BCUT2D eigenvalue weighted by Gasteiger charge is 2.40. The van der Waals surface area contributed by atoms with Crippen molar-refractivity contribution < 1.29 is 9.59 Å². The van der Waals surface area contributed by atoms with Crippen LogP contribution >= 0.6 is 12.4 Å². The number of nitrogens with two attached hydrogens (primary N) is 1. The summed E-state index contributed by atoms with van der Waals surface area (Å²) in [5.41, 5.74) is 5.59. The lowest BCUT2D eigenvalue weighted by atomic mass is 9.97. The van der Waals surface area contributed by atoms with Crippen LogP contribution in [0.5, 0.6) is 0 Å². The van der Waals surface area contributed by atoms with Crippen molar-refractivity contribution in [2.75, 3.05) is 39.3 Å². The van der Waals surface area contributed by atoms with Crippen LogP contribution in [-0.2, 0) is 4.79 Å². The van der Waals surface area contributed by atoms with Crippen LogP contribution in [-0.4, -0.2) is 71.4 Å². The van der Waals surface area contributed by atoms with Crippen molar-refractivity contribution in [1.29, 1.82) is 0 Å². The Bertz CT molecular complexity index is 387. The highest BCUT2D eigenvalue weighted by atomic mass is 35.5.